The largest absolute Gasteiger partial charge is 0.489 e. The van der Waals surface area contributed by atoms with E-state index in [0.29, 0.717) is 64.1 Å². The summed E-state index contributed by atoms with van der Waals surface area (Å²) in [6.45, 7) is 13.2. The van der Waals surface area contributed by atoms with Gasteiger partial charge in [-0.2, -0.15) is 4.58 Å². The molecule has 370 valence electrons. The summed E-state index contributed by atoms with van der Waals surface area (Å²) in [5, 5.41) is 19.0. The first-order valence-electron chi connectivity index (χ1n) is 24.8. The summed E-state index contributed by atoms with van der Waals surface area (Å²) in [7, 11) is 3.53. The fourth-order valence-electron chi connectivity index (χ4n) is 10.3. The number of aliphatic carboxylic acids is 1. The molecule has 8 rings (SSSR count). The highest BCUT2D eigenvalue weighted by Crippen LogP contribution is 2.48. The van der Waals surface area contributed by atoms with Crippen LogP contribution in [0.15, 0.2) is 114 Å². The van der Waals surface area contributed by atoms with Gasteiger partial charge in [0.2, 0.25) is 5.69 Å². The molecule has 1 aromatic heterocycles. The lowest BCUT2D eigenvalue weighted by Crippen LogP contribution is -2.34. The molecule has 3 aromatic carbocycles. The van der Waals surface area contributed by atoms with Gasteiger partial charge in [-0.1, -0.05) is 80.1 Å². The second-order valence-corrected chi connectivity index (χ2v) is 19.3. The van der Waals surface area contributed by atoms with Gasteiger partial charge in [0, 0.05) is 59.6 Å². The Balaban J connectivity index is 1.19. The average molecular weight is 954 g/mol. The molecular weight excluding hydrogens is 885 g/mol. The highest BCUT2D eigenvalue weighted by Gasteiger charge is 2.43. The predicted molar refractivity (Wildman–Crippen MR) is 273 cm³/mol. The van der Waals surface area contributed by atoms with Crippen LogP contribution in [-0.4, -0.2) is 122 Å². The van der Waals surface area contributed by atoms with Crippen LogP contribution in [0.3, 0.4) is 0 Å². The zero-order valence-electron chi connectivity index (χ0n) is 41.7. The summed E-state index contributed by atoms with van der Waals surface area (Å²) in [4.78, 5) is 28.3. The van der Waals surface area contributed by atoms with Gasteiger partial charge in [-0.05, 0) is 86.9 Å². The summed E-state index contributed by atoms with van der Waals surface area (Å²) < 4.78 is 33.0. The normalized spacial score (nSPS) is 19.7. The number of aromatic nitrogens is 3. The van der Waals surface area contributed by atoms with E-state index < -0.39 is 5.97 Å². The Bertz CT molecular complexity index is 2690. The molecule has 3 aliphatic heterocycles. The highest BCUT2D eigenvalue weighted by molar-refractivity contribution is 6.03. The van der Waals surface area contributed by atoms with Crippen molar-refractivity contribution in [3.63, 3.8) is 0 Å². The van der Waals surface area contributed by atoms with E-state index >= 15 is 0 Å². The molecule has 0 amide bonds. The van der Waals surface area contributed by atoms with Crippen LogP contribution >= 0.6 is 0 Å². The summed E-state index contributed by atoms with van der Waals surface area (Å²) in [5.41, 5.74) is 12.5. The van der Waals surface area contributed by atoms with Crippen molar-refractivity contribution in [2.24, 2.45) is 0 Å². The van der Waals surface area contributed by atoms with Crippen molar-refractivity contribution in [1.29, 1.82) is 0 Å². The van der Waals surface area contributed by atoms with Crippen molar-refractivity contribution in [3.8, 4) is 17.0 Å². The number of para-hydroxylation sites is 2. The third-order valence-electron chi connectivity index (χ3n) is 14.0. The van der Waals surface area contributed by atoms with Gasteiger partial charge in [0.15, 0.2) is 5.71 Å². The number of fused-ring (bicyclic) bond motifs is 3. The fraction of sp³-hybridized carbons (Fsp3) is 0.446. The first-order chi connectivity index (χ1) is 33.9. The Hall–Kier alpha value is -6.35. The molecule has 14 heteroatoms. The van der Waals surface area contributed by atoms with Gasteiger partial charge < -0.3 is 38.6 Å². The number of nitrogens with zero attached hydrogens (tertiary/aromatic N) is 6. The molecule has 0 bridgehead atoms. The Morgan fingerprint density at radius 1 is 0.814 bits per heavy atom. The van der Waals surface area contributed by atoms with E-state index in [2.05, 4.69) is 117 Å². The van der Waals surface area contributed by atoms with E-state index in [-0.39, 0.29) is 36.4 Å². The van der Waals surface area contributed by atoms with Gasteiger partial charge in [0.1, 0.15) is 31.6 Å². The molecule has 0 atom stereocenters. The molecule has 1 aliphatic carbocycles. The van der Waals surface area contributed by atoms with Crippen LogP contribution in [0.1, 0.15) is 83.8 Å². The first kappa shape index (κ1) is 50.1. The monoisotopic (exact) mass is 954 g/mol. The molecule has 0 spiro atoms. The second-order valence-electron chi connectivity index (χ2n) is 19.3. The summed E-state index contributed by atoms with van der Waals surface area (Å²) in [6.07, 6.45) is 16.4. The first-order valence-corrected chi connectivity index (χ1v) is 24.8. The van der Waals surface area contributed by atoms with Crippen LogP contribution in [0, 0.1) is 0 Å². The van der Waals surface area contributed by atoms with Crippen molar-refractivity contribution in [3.05, 3.63) is 125 Å². The Kier molecular flexibility index (Phi) is 16.2. The molecule has 1 N–H and O–H groups in total. The van der Waals surface area contributed by atoms with Crippen LogP contribution in [0.2, 0.25) is 0 Å². The third kappa shape index (κ3) is 11.1. The number of allylic oxidation sites excluding steroid dienone is 8. The van der Waals surface area contributed by atoms with Gasteiger partial charge >= 0.3 is 11.9 Å². The lowest BCUT2D eigenvalue weighted by Gasteiger charge is -2.27. The molecule has 70 heavy (non-hydrogen) atoms. The minimum atomic E-state index is -0.751. The molecule has 0 fully saturated rings. The number of benzene rings is 3. The zero-order valence-corrected chi connectivity index (χ0v) is 41.7. The maximum atomic E-state index is 12.7. The van der Waals surface area contributed by atoms with E-state index in [1.165, 1.54) is 46.6 Å². The van der Waals surface area contributed by atoms with Crippen LogP contribution in [0.25, 0.3) is 17.0 Å². The maximum Gasteiger partial charge on any atom is 0.325 e. The SMILES string of the molecule is COC(=O)CN1CCOCCOCCOCCOc2cc(-c3cn(C4=C(/C=C/C5=[N+](C)c6ccccc6C5(C)C)CCC/C4=C\C=C4\N(CCCCCC(=O)O)c5ccccc5C4(C)C)nn3)ccc21. The van der Waals surface area contributed by atoms with Crippen LogP contribution in [-0.2, 0) is 39.4 Å². The van der Waals surface area contributed by atoms with Crippen LogP contribution < -0.4 is 14.5 Å². The van der Waals surface area contributed by atoms with E-state index in [4.69, 9.17) is 34.0 Å². The predicted octanol–water partition coefficient (Wildman–Crippen LogP) is 9.28. The average Bonchev–Trinajstić information content (AvgIpc) is 3.98. The number of anilines is 2. The zero-order chi connectivity index (χ0) is 49.3. The lowest BCUT2D eigenvalue weighted by molar-refractivity contribution is -0.401. The maximum absolute atomic E-state index is 12.7. The summed E-state index contributed by atoms with van der Waals surface area (Å²) >= 11 is 0. The van der Waals surface area contributed by atoms with Gasteiger partial charge in [0.05, 0.1) is 69.7 Å². The van der Waals surface area contributed by atoms with Gasteiger partial charge in [-0.15, -0.1) is 5.10 Å². The number of carboxylic acids is 1. The van der Waals surface area contributed by atoms with Crippen LogP contribution in [0.5, 0.6) is 5.75 Å². The number of carbonyl (C=O) groups is 2. The number of ether oxygens (including phenoxy) is 5. The molecular formula is C56H69N6O8+. The van der Waals surface area contributed by atoms with E-state index in [0.717, 1.165) is 61.2 Å². The fourth-order valence-corrected chi connectivity index (χ4v) is 10.3. The number of methoxy groups -OCH3 is 1. The second kappa shape index (κ2) is 22.6. The molecule has 4 aromatic rings. The molecule has 0 radical (unpaired) electrons. The quantitative estimate of drug-likeness (QED) is 0.0776. The smallest absolute Gasteiger partial charge is 0.325 e. The molecule has 0 saturated heterocycles. The summed E-state index contributed by atoms with van der Waals surface area (Å²) in [5.74, 6) is -0.550. The van der Waals surface area contributed by atoms with Crippen molar-refractivity contribution in [2.75, 3.05) is 89.8 Å². The number of hydrogen-bond acceptors (Lipinski definition) is 11. The standard InChI is InChI=1S/C56H68N6O8/c1-55(2)43-17-9-11-19-46(43)59(5)50(55)26-23-40-15-14-16-41(24-27-51-56(3,4)44-18-10-12-20-47(44)61(51)28-13-7-8-21-52(63)64)54(40)62-38-45(57-58-62)42-22-25-48-49(37-42)70-36-35-69-34-33-68-32-31-67-30-29-60(48)39-53(65)66-6/h9-12,17-20,22-27,37-38H,7-8,13-16,21,28-36,39H2,1-6H3/p+1. The van der Waals surface area contributed by atoms with Crippen molar-refractivity contribution < 1.29 is 43.0 Å². The van der Waals surface area contributed by atoms with Gasteiger partial charge in [-0.25, -0.2) is 4.68 Å². The lowest BCUT2D eigenvalue weighted by atomic mass is 9.81. The molecule has 14 nitrogen and oxygen atoms in total. The number of hydrogen-bond donors (Lipinski definition) is 1. The van der Waals surface area contributed by atoms with Gasteiger partial charge in [0.25, 0.3) is 0 Å². The Morgan fingerprint density at radius 2 is 1.54 bits per heavy atom. The number of carbonyl (C=O) groups excluding carboxylic acids is 1. The Morgan fingerprint density at radius 3 is 2.30 bits per heavy atom. The van der Waals surface area contributed by atoms with Gasteiger partial charge in [-0.3, -0.25) is 9.59 Å². The van der Waals surface area contributed by atoms with Crippen molar-refractivity contribution in [1.82, 2.24) is 15.0 Å². The number of rotatable bonds is 13. The van der Waals surface area contributed by atoms with Crippen LogP contribution in [0.4, 0.5) is 17.1 Å². The summed E-state index contributed by atoms with van der Waals surface area (Å²) in [6, 6.07) is 23.2. The van der Waals surface area contributed by atoms with E-state index in [1.54, 1.807) is 0 Å². The van der Waals surface area contributed by atoms with E-state index in [1.807, 2.05) is 34.0 Å². The van der Waals surface area contributed by atoms with Crippen molar-refractivity contribution in [2.45, 2.75) is 83.5 Å². The number of carboxylic acid groups (broad SMARTS) is 1. The topological polar surface area (TPSA) is 141 Å². The highest BCUT2D eigenvalue weighted by atomic mass is 16.6. The molecule has 0 saturated carbocycles. The minimum absolute atomic E-state index is 0.0144. The number of unbranched alkanes of at least 4 members (excludes halogenated alkanes) is 2. The third-order valence-corrected chi connectivity index (χ3v) is 14.0. The molecule has 4 heterocycles. The molecule has 0 unspecified atom stereocenters. The van der Waals surface area contributed by atoms with E-state index in [9.17, 15) is 14.7 Å². The minimum Gasteiger partial charge on any atom is -0.489 e. The Labute approximate surface area is 412 Å². The van der Waals surface area contributed by atoms with Crippen molar-refractivity contribution >= 4 is 40.4 Å². The molecule has 4 aliphatic rings. The number of esters is 1.